The zero-order valence-corrected chi connectivity index (χ0v) is 31.0. The highest BCUT2D eigenvalue weighted by atomic mass is 32.1. The van der Waals surface area contributed by atoms with Crippen molar-refractivity contribution in [2.45, 2.75) is 110 Å². The number of allylic oxidation sites excluding steroid dienone is 4. The zero-order valence-electron chi connectivity index (χ0n) is 29.4. The average molecular weight is 702 g/mol. The van der Waals surface area contributed by atoms with Gasteiger partial charge in [0.2, 0.25) is 22.1 Å². The summed E-state index contributed by atoms with van der Waals surface area (Å²) in [5.74, 6) is 1.20. The number of nitrogens with one attached hydrogen (secondary N) is 2. The van der Waals surface area contributed by atoms with Gasteiger partial charge in [-0.2, -0.15) is 0 Å². The maximum atomic E-state index is 12.9. The molecule has 2 aromatic heterocycles. The van der Waals surface area contributed by atoms with E-state index in [0.717, 1.165) is 79.2 Å². The van der Waals surface area contributed by atoms with E-state index in [1.165, 1.54) is 46.8 Å². The Morgan fingerprint density at radius 1 is 0.898 bits per heavy atom. The van der Waals surface area contributed by atoms with E-state index in [2.05, 4.69) is 106 Å². The van der Waals surface area contributed by atoms with Crippen LogP contribution in [0.3, 0.4) is 0 Å². The molecule has 1 aromatic carbocycles. The summed E-state index contributed by atoms with van der Waals surface area (Å²) in [6, 6.07) is 8.48. The molecule has 0 bridgehead atoms. The van der Waals surface area contributed by atoms with Crippen molar-refractivity contribution in [3.8, 4) is 0 Å². The number of aromatic nitrogens is 4. The number of nitrogens with zero attached hydrogens (tertiary/aromatic N) is 5. The summed E-state index contributed by atoms with van der Waals surface area (Å²) in [6.45, 7) is 10.7. The maximum Gasteiger partial charge on any atom is 0.230 e. The van der Waals surface area contributed by atoms with E-state index in [4.69, 9.17) is 0 Å². The second-order valence-electron chi connectivity index (χ2n) is 13.1. The minimum atomic E-state index is -0.0793. The molecule has 0 spiro atoms. The maximum absolute atomic E-state index is 12.9. The Balaban J connectivity index is 1.08. The van der Waals surface area contributed by atoms with Crippen LogP contribution in [-0.2, 0) is 22.4 Å². The van der Waals surface area contributed by atoms with Crippen LogP contribution in [0.15, 0.2) is 59.8 Å². The van der Waals surface area contributed by atoms with Crippen molar-refractivity contribution < 1.29 is 9.59 Å². The summed E-state index contributed by atoms with van der Waals surface area (Å²) < 4.78 is 0. The van der Waals surface area contributed by atoms with Crippen LogP contribution in [0.4, 0.5) is 10.3 Å². The van der Waals surface area contributed by atoms with Crippen molar-refractivity contribution in [2.75, 3.05) is 23.7 Å². The second-order valence-corrected chi connectivity index (χ2v) is 15.2. The van der Waals surface area contributed by atoms with E-state index in [9.17, 15) is 9.59 Å². The molecule has 1 saturated carbocycles. The van der Waals surface area contributed by atoms with Crippen LogP contribution in [0, 0.1) is 5.92 Å². The van der Waals surface area contributed by atoms with Crippen LogP contribution in [-0.4, -0.2) is 50.2 Å². The van der Waals surface area contributed by atoms with Gasteiger partial charge in [-0.25, -0.2) is 0 Å². The molecule has 0 aliphatic heterocycles. The molecule has 2 heterocycles. The first kappa shape index (κ1) is 36.6. The Hall–Kier alpha value is -3.70. The van der Waals surface area contributed by atoms with E-state index in [1.54, 1.807) is 0 Å². The highest BCUT2D eigenvalue weighted by Crippen LogP contribution is 2.40. The van der Waals surface area contributed by atoms with Crippen molar-refractivity contribution in [2.24, 2.45) is 5.92 Å². The Bertz CT molecular complexity index is 1620. The number of amides is 2. The molecule has 49 heavy (non-hydrogen) atoms. The first-order valence-corrected chi connectivity index (χ1v) is 19.7. The number of carbonyl (C=O) groups excluding carboxylic acids is 2. The van der Waals surface area contributed by atoms with Crippen molar-refractivity contribution >= 4 is 44.8 Å². The van der Waals surface area contributed by atoms with Crippen LogP contribution in [0.2, 0.25) is 0 Å². The molecular weight excluding hydrogens is 651 g/mol. The minimum Gasteiger partial charge on any atom is -0.375 e. The number of carbonyl (C=O) groups is 2. The first-order chi connectivity index (χ1) is 23.9. The number of hydrogen-bond acceptors (Lipinski definition) is 9. The van der Waals surface area contributed by atoms with Gasteiger partial charge in [0, 0.05) is 37.5 Å². The van der Waals surface area contributed by atoms with E-state index >= 15 is 0 Å². The minimum absolute atomic E-state index is 0.0726. The Morgan fingerprint density at radius 3 is 2.37 bits per heavy atom. The molecule has 2 aliphatic rings. The molecule has 3 aromatic rings. The Morgan fingerprint density at radius 2 is 1.63 bits per heavy atom. The molecule has 2 aliphatic carbocycles. The zero-order chi connectivity index (χ0) is 34.6. The lowest BCUT2D eigenvalue weighted by Crippen LogP contribution is -2.21. The summed E-state index contributed by atoms with van der Waals surface area (Å²) in [4.78, 5) is 28.0. The largest absolute Gasteiger partial charge is 0.375 e. The van der Waals surface area contributed by atoms with Gasteiger partial charge in [0.25, 0.3) is 0 Å². The van der Waals surface area contributed by atoms with Crippen molar-refractivity contribution in [3.05, 3.63) is 81.0 Å². The van der Waals surface area contributed by atoms with E-state index < -0.39 is 0 Å². The third kappa shape index (κ3) is 10.6. The molecule has 0 saturated heterocycles. The van der Waals surface area contributed by atoms with Gasteiger partial charge in [-0.05, 0) is 80.6 Å². The van der Waals surface area contributed by atoms with E-state index in [1.807, 2.05) is 6.08 Å². The molecule has 262 valence electrons. The van der Waals surface area contributed by atoms with Gasteiger partial charge in [0.1, 0.15) is 10.0 Å². The molecule has 0 radical (unpaired) electrons. The quantitative estimate of drug-likeness (QED) is 0.153. The highest BCUT2D eigenvalue weighted by Gasteiger charge is 2.27. The smallest absolute Gasteiger partial charge is 0.230 e. The molecular formula is C38H51N7O2S2. The third-order valence-corrected chi connectivity index (χ3v) is 11.5. The van der Waals surface area contributed by atoms with Gasteiger partial charge in [-0.15, -0.1) is 20.4 Å². The lowest BCUT2D eigenvalue weighted by Gasteiger charge is -2.26. The lowest BCUT2D eigenvalue weighted by molar-refractivity contribution is -0.116. The van der Waals surface area contributed by atoms with Gasteiger partial charge < -0.3 is 15.5 Å². The fourth-order valence-corrected chi connectivity index (χ4v) is 8.76. The van der Waals surface area contributed by atoms with Gasteiger partial charge in [0.15, 0.2) is 0 Å². The number of benzene rings is 1. The van der Waals surface area contributed by atoms with Crippen LogP contribution in [0.25, 0.3) is 0 Å². The van der Waals surface area contributed by atoms with Gasteiger partial charge in [0.05, 0.1) is 12.8 Å². The van der Waals surface area contributed by atoms with E-state index in [0.29, 0.717) is 40.9 Å². The number of anilines is 2. The molecule has 9 nitrogen and oxygen atoms in total. The predicted molar refractivity (Wildman–Crippen MR) is 201 cm³/mol. The van der Waals surface area contributed by atoms with Gasteiger partial charge >= 0.3 is 0 Å². The van der Waals surface area contributed by atoms with Crippen LogP contribution in [0.1, 0.15) is 118 Å². The predicted octanol–water partition coefficient (Wildman–Crippen LogP) is 8.82. The summed E-state index contributed by atoms with van der Waals surface area (Å²) in [7, 11) is 0. The monoisotopic (exact) mass is 701 g/mol. The fourth-order valence-electron chi connectivity index (χ4n) is 6.98. The fraction of sp³-hybridized carbons (Fsp3) is 0.526. The number of rotatable bonds is 16. The number of hydrogen-bond donors (Lipinski definition) is 2. The first-order valence-electron chi connectivity index (χ1n) is 18.0. The molecule has 5 rings (SSSR count). The van der Waals surface area contributed by atoms with Crippen LogP contribution < -0.4 is 10.6 Å². The van der Waals surface area contributed by atoms with Crippen LogP contribution >= 0.6 is 22.7 Å². The molecule has 1 fully saturated rings. The lowest BCUT2D eigenvalue weighted by atomic mass is 9.80. The molecule has 3 unspecified atom stereocenters. The molecule has 2 amide bonds. The summed E-state index contributed by atoms with van der Waals surface area (Å²) >= 11 is 2.95. The van der Waals surface area contributed by atoms with Gasteiger partial charge in [-0.1, -0.05) is 91.9 Å². The standard InChI is InChI=1S/C38H51N7O2S2/c1-5-11-29(6-2)30-19-16-27(17-20-30)24-34(47)39-37-43-41-35(48-37)25-28-13-9-14-31(22-28)36-42-44-38(49-36)40-33(46)23-26-12-10-15-32(21-18-26)45(7-3)8-4/h10,12,16-21,28-29,31H,5-9,11,13-15,22-25H2,1-4H3,(H,39,43,47)(H,40,44,46). The topological polar surface area (TPSA) is 113 Å². The molecule has 11 heteroatoms. The van der Waals surface area contributed by atoms with Crippen LogP contribution in [0.5, 0.6) is 0 Å². The summed E-state index contributed by atoms with van der Waals surface area (Å²) in [6.07, 6.45) is 18.5. The normalized spacial score (nSPS) is 18.3. The van der Waals surface area contributed by atoms with Gasteiger partial charge in [-0.3, -0.25) is 9.59 Å². The van der Waals surface area contributed by atoms with Crippen molar-refractivity contribution in [3.63, 3.8) is 0 Å². The molecule has 3 atom stereocenters. The highest BCUT2D eigenvalue weighted by molar-refractivity contribution is 7.15. The SMILES string of the molecule is CCCC(CC)c1ccc(CC(=O)Nc2nnc(CC3CCCC(c4nnc(NC(=O)CC5=CC=C(N(CC)CC)CC=C5)s4)C3)s2)cc1. The Kier molecular flexibility index (Phi) is 13.7. The van der Waals surface area contributed by atoms with Crippen molar-refractivity contribution in [1.29, 1.82) is 0 Å². The third-order valence-electron chi connectivity index (χ3n) is 9.62. The second kappa shape index (κ2) is 18.3. The average Bonchev–Trinajstić information content (AvgIpc) is 3.69. The summed E-state index contributed by atoms with van der Waals surface area (Å²) in [5, 5.41) is 26.4. The molecule has 2 N–H and O–H groups in total. The van der Waals surface area contributed by atoms with E-state index in [-0.39, 0.29) is 11.8 Å². The van der Waals surface area contributed by atoms with Crippen molar-refractivity contribution in [1.82, 2.24) is 25.3 Å². The summed E-state index contributed by atoms with van der Waals surface area (Å²) in [5.41, 5.74) is 4.61. The Labute approximate surface area is 299 Å².